The maximum atomic E-state index is 4.74. The van der Waals surface area contributed by atoms with Crippen molar-refractivity contribution in [3.05, 3.63) is 18.0 Å². The second-order valence-corrected chi connectivity index (χ2v) is 6.36. The summed E-state index contributed by atoms with van der Waals surface area (Å²) in [7, 11) is 0. The lowest BCUT2D eigenvalue weighted by atomic mass is 9.97. The van der Waals surface area contributed by atoms with Crippen LogP contribution in [0.2, 0.25) is 0 Å². The molecule has 1 aromatic heterocycles. The number of nitrogens with one attached hydrogen (secondary N) is 1. The molecule has 1 saturated carbocycles. The molecule has 0 amide bonds. The van der Waals surface area contributed by atoms with E-state index in [1.54, 1.807) is 0 Å². The van der Waals surface area contributed by atoms with Crippen LogP contribution in [-0.2, 0) is 6.54 Å². The van der Waals surface area contributed by atoms with Crippen molar-refractivity contribution in [3.8, 4) is 0 Å². The van der Waals surface area contributed by atoms with E-state index in [0.717, 1.165) is 25.3 Å². The molecule has 0 aliphatic heterocycles. The minimum absolute atomic E-state index is 0.556. The summed E-state index contributed by atoms with van der Waals surface area (Å²) >= 11 is 0. The molecular weight excluding hydrogens is 246 g/mol. The Hall–Kier alpha value is -0.830. The summed E-state index contributed by atoms with van der Waals surface area (Å²) in [6.45, 7) is 7.79. The Labute approximate surface area is 124 Å². The van der Waals surface area contributed by atoms with E-state index >= 15 is 0 Å². The van der Waals surface area contributed by atoms with Gasteiger partial charge in [-0.2, -0.15) is 5.10 Å². The van der Waals surface area contributed by atoms with Crippen molar-refractivity contribution in [1.29, 1.82) is 0 Å². The Bertz CT molecular complexity index is 381. The van der Waals surface area contributed by atoms with Gasteiger partial charge in [0.25, 0.3) is 0 Å². The van der Waals surface area contributed by atoms with E-state index in [4.69, 9.17) is 5.10 Å². The van der Waals surface area contributed by atoms with Gasteiger partial charge >= 0.3 is 0 Å². The average molecular weight is 277 g/mol. The van der Waals surface area contributed by atoms with E-state index in [1.807, 2.05) is 0 Å². The molecule has 0 bridgehead atoms. The molecule has 20 heavy (non-hydrogen) atoms. The Morgan fingerprint density at radius 1 is 1.25 bits per heavy atom. The van der Waals surface area contributed by atoms with Gasteiger partial charge in [-0.25, -0.2) is 0 Å². The minimum atomic E-state index is 0.556. The maximum Gasteiger partial charge on any atom is 0.0762 e. The van der Waals surface area contributed by atoms with Crippen LogP contribution in [0.15, 0.2) is 12.3 Å². The summed E-state index contributed by atoms with van der Waals surface area (Å²) in [4.78, 5) is 0. The van der Waals surface area contributed by atoms with Gasteiger partial charge in [-0.05, 0) is 37.7 Å². The van der Waals surface area contributed by atoms with Gasteiger partial charge in [-0.1, -0.05) is 40.0 Å². The molecular formula is C17H31N3. The lowest BCUT2D eigenvalue weighted by Gasteiger charge is -2.22. The third-order valence-corrected chi connectivity index (χ3v) is 4.89. The average Bonchev–Trinajstić information content (AvgIpc) is 2.82. The fraction of sp³-hybridized carbons (Fsp3) is 0.824. The SMILES string of the molecule is CCC(CC)n1ccc(CNC2CCCCCC2C)n1. The molecule has 3 nitrogen and oxygen atoms in total. The Kier molecular flexibility index (Phi) is 6.08. The summed E-state index contributed by atoms with van der Waals surface area (Å²) in [6, 6.07) is 3.41. The zero-order valence-corrected chi connectivity index (χ0v) is 13.4. The van der Waals surface area contributed by atoms with Crippen molar-refractivity contribution in [2.45, 2.75) is 84.3 Å². The summed E-state index contributed by atoms with van der Waals surface area (Å²) in [5, 5.41) is 8.48. The van der Waals surface area contributed by atoms with Crippen LogP contribution in [0.1, 0.15) is 77.5 Å². The van der Waals surface area contributed by atoms with Gasteiger partial charge < -0.3 is 5.32 Å². The number of hydrogen-bond donors (Lipinski definition) is 1. The van der Waals surface area contributed by atoms with Crippen LogP contribution in [0.3, 0.4) is 0 Å². The summed E-state index contributed by atoms with van der Waals surface area (Å²) in [5.74, 6) is 0.804. The van der Waals surface area contributed by atoms with Gasteiger partial charge in [-0.15, -0.1) is 0 Å². The fourth-order valence-corrected chi connectivity index (χ4v) is 3.37. The molecule has 114 valence electrons. The predicted octanol–water partition coefficient (Wildman–Crippen LogP) is 4.30. The van der Waals surface area contributed by atoms with Crippen LogP contribution in [-0.4, -0.2) is 15.8 Å². The third-order valence-electron chi connectivity index (χ3n) is 4.89. The van der Waals surface area contributed by atoms with E-state index in [1.165, 1.54) is 37.8 Å². The molecule has 1 N–H and O–H groups in total. The molecule has 1 aliphatic rings. The van der Waals surface area contributed by atoms with Crippen LogP contribution in [0.25, 0.3) is 0 Å². The first-order valence-corrected chi connectivity index (χ1v) is 8.52. The lowest BCUT2D eigenvalue weighted by molar-refractivity contribution is 0.352. The zero-order chi connectivity index (χ0) is 14.4. The van der Waals surface area contributed by atoms with Gasteiger partial charge in [-0.3, -0.25) is 4.68 Å². The lowest BCUT2D eigenvalue weighted by Crippen LogP contribution is -2.33. The largest absolute Gasteiger partial charge is 0.308 e. The summed E-state index contributed by atoms with van der Waals surface area (Å²) in [6.07, 6.45) is 11.4. The molecule has 1 heterocycles. The molecule has 1 fully saturated rings. The molecule has 2 atom stereocenters. The zero-order valence-electron chi connectivity index (χ0n) is 13.4. The molecule has 0 aromatic carbocycles. The first-order valence-electron chi connectivity index (χ1n) is 8.52. The van der Waals surface area contributed by atoms with Crippen LogP contribution in [0, 0.1) is 5.92 Å². The van der Waals surface area contributed by atoms with Gasteiger partial charge in [0.2, 0.25) is 0 Å². The Morgan fingerprint density at radius 3 is 2.75 bits per heavy atom. The van der Waals surface area contributed by atoms with Crippen LogP contribution in [0.4, 0.5) is 0 Å². The first-order chi connectivity index (χ1) is 9.74. The highest BCUT2D eigenvalue weighted by Crippen LogP contribution is 2.23. The number of nitrogens with zero attached hydrogens (tertiary/aromatic N) is 2. The van der Waals surface area contributed by atoms with Gasteiger partial charge in [0, 0.05) is 18.8 Å². The Morgan fingerprint density at radius 2 is 2.00 bits per heavy atom. The van der Waals surface area contributed by atoms with Crippen molar-refractivity contribution in [1.82, 2.24) is 15.1 Å². The summed E-state index contributed by atoms with van der Waals surface area (Å²) < 4.78 is 2.15. The molecule has 0 radical (unpaired) electrons. The number of hydrogen-bond acceptors (Lipinski definition) is 2. The van der Waals surface area contributed by atoms with Crippen LogP contribution in [0.5, 0.6) is 0 Å². The van der Waals surface area contributed by atoms with E-state index in [0.29, 0.717) is 12.1 Å². The smallest absolute Gasteiger partial charge is 0.0762 e. The number of aromatic nitrogens is 2. The van der Waals surface area contributed by atoms with Crippen LogP contribution < -0.4 is 5.32 Å². The van der Waals surface area contributed by atoms with E-state index in [-0.39, 0.29) is 0 Å². The van der Waals surface area contributed by atoms with E-state index in [9.17, 15) is 0 Å². The summed E-state index contributed by atoms with van der Waals surface area (Å²) in [5.41, 5.74) is 1.19. The molecule has 1 aromatic rings. The highest BCUT2D eigenvalue weighted by Gasteiger charge is 2.19. The van der Waals surface area contributed by atoms with Crippen molar-refractivity contribution < 1.29 is 0 Å². The van der Waals surface area contributed by atoms with Crippen molar-refractivity contribution in [3.63, 3.8) is 0 Å². The van der Waals surface area contributed by atoms with Crippen molar-refractivity contribution >= 4 is 0 Å². The molecule has 2 unspecified atom stereocenters. The topological polar surface area (TPSA) is 29.9 Å². The quantitative estimate of drug-likeness (QED) is 0.786. The fourth-order valence-electron chi connectivity index (χ4n) is 3.37. The third kappa shape index (κ3) is 4.08. The Balaban J connectivity index is 1.87. The highest BCUT2D eigenvalue weighted by molar-refractivity contribution is 5.00. The standard InChI is InChI=1S/C17H31N3/c1-4-16(5-2)20-12-11-15(19-20)13-18-17-10-8-6-7-9-14(17)3/h11-12,14,16-18H,4-10,13H2,1-3H3. The van der Waals surface area contributed by atoms with Crippen LogP contribution >= 0.6 is 0 Å². The number of rotatable bonds is 6. The normalized spacial score (nSPS) is 24.0. The van der Waals surface area contributed by atoms with Crippen molar-refractivity contribution in [2.24, 2.45) is 5.92 Å². The van der Waals surface area contributed by atoms with Gasteiger partial charge in [0.1, 0.15) is 0 Å². The van der Waals surface area contributed by atoms with E-state index in [2.05, 4.69) is 43.0 Å². The second kappa shape index (κ2) is 7.82. The molecule has 0 spiro atoms. The molecule has 3 heteroatoms. The highest BCUT2D eigenvalue weighted by atomic mass is 15.3. The maximum absolute atomic E-state index is 4.74. The van der Waals surface area contributed by atoms with Gasteiger partial charge in [0.15, 0.2) is 0 Å². The molecule has 0 saturated heterocycles. The van der Waals surface area contributed by atoms with Gasteiger partial charge in [0.05, 0.1) is 11.7 Å². The predicted molar refractivity (Wildman–Crippen MR) is 84.7 cm³/mol. The molecule has 1 aliphatic carbocycles. The monoisotopic (exact) mass is 277 g/mol. The second-order valence-electron chi connectivity index (χ2n) is 6.36. The minimum Gasteiger partial charge on any atom is -0.308 e. The van der Waals surface area contributed by atoms with E-state index < -0.39 is 0 Å². The van der Waals surface area contributed by atoms with Crippen molar-refractivity contribution in [2.75, 3.05) is 0 Å². The first kappa shape index (κ1) is 15.6. The molecule has 2 rings (SSSR count).